The van der Waals surface area contributed by atoms with Crippen molar-refractivity contribution in [3.05, 3.63) is 95.6 Å². The molecule has 0 fully saturated rings. The highest BCUT2D eigenvalue weighted by atomic mass is 16.3. The number of benzene rings is 2. The second kappa shape index (κ2) is 7.19. The lowest BCUT2D eigenvalue weighted by atomic mass is 10.1. The van der Waals surface area contributed by atoms with E-state index in [-0.39, 0.29) is 5.91 Å². The highest BCUT2D eigenvalue weighted by Gasteiger charge is 2.11. The number of carbonyl (C=O) groups excluding carboxylic acids is 1. The van der Waals surface area contributed by atoms with Crippen molar-refractivity contribution in [1.82, 2.24) is 15.3 Å². The molecule has 4 aromatic rings. The van der Waals surface area contributed by atoms with Gasteiger partial charge in [-0.3, -0.25) is 9.78 Å². The molecule has 4 rings (SSSR count). The number of oxazole rings is 1. The lowest BCUT2D eigenvalue weighted by molar-refractivity contribution is 0.0950. The third-order valence-electron chi connectivity index (χ3n) is 4.05. The molecule has 0 bridgehead atoms. The summed E-state index contributed by atoms with van der Waals surface area (Å²) in [5.41, 5.74) is 3.84. The number of aromatic nitrogens is 2. The van der Waals surface area contributed by atoms with Crippen LogP contribution < -0.4 is 5.32 Å². The fraction of sp³-hybridized carbons (Fsp3) is 0.0952. The van der Waals surface area contributed by atoms with E-state index in [1.807, 2.05) is 54.6 Å². The van der Waals surface area contributed by atoms with Gasteiger partial charge in [-0.25, -0.2) is 4.98 Å². The van der Waals surface area contributed by atoms with E-state index < -0.39 is 0 Å². The molecule has 0 aliphatic carbocycles. The quantitative estimate of drug-likeness (QED) is 0.599. The summed E-state index contributed by atoms with van der Waals surface area (Å²) in [6, 6.07) is 20.9. The molecular formula is C21H17N3O2. The van der Waals surface area contributed by atoms with Gasteiger partial charge in [0.2, 0.25) is 0 Å². The van der Waals surface area contributed by atoms with Gasteiger partial charge in [-0.05, 0) is 35.9 Å². The average molecular weight is 343 g/mol. The first-order valence-electron chi connectivity index (χ1n) is 8.39. The van der Waals surface area contributed by atoms with Crippen LogP contribution in [-0.2, 0) is 13.0 Å². The van der Waals surface area contributed by atoms with Crippen LogP contribution in [0.5, 0.6) is 0 Å². The average Bonchev–Trinajstić information content (AvgIpc) is 3.09. The molecule has 0 atom stereocenters. The van der Waals surface area contributed by atoms with E-state index in [0.717, 1.165) is 16.8 Å². The van der Waals surface area contributed by atoms with Crippen LogP contribution in [0.2, 0.25) is 0 Å². The smallest absolute Gasteiger partial charge is 0.251 e. The second-order valence-corrected chi connectivity index (χ2v) is 5.96. The summed E-state index contributed by atoms with van der Waals surface area (Å²) >= 11 is 0. The number of carbonyl (C=O) groups is 1. The molecule has 128 valence electrons. The SMILES string of the molecule is O=C(NCc1ccccn1)c1ccc2nc(Cc3ccccc3)oc2c1. The largest absolute Gasteiger partial charge is 0.440 e. The Bertz CT molecular complexity index is 1030. The molecule has 0 spiro atoms. The van der Waals surface area contributed by atoms with E-state index in [0.29, 0.717) is 30.0 Å². The van der Waals surface area contributed by atoms with Crippen LogP contribution in [0.1, 0.15) is 27.5 Å². The van der Waals surface area contributed by atoms with Gasteiger partial charge in [0, 0.05) is 18.2 Å². The third kappa shape index (κ3) is 3.62. The summed E-state index contributed by atoms with van der Waals surface area (Å²) in [5.74, 6) is 0.468. The topological polar surface area (TPSA) is 68.0 Å². The number of nitrogens with zero attached hydrogens (tertiary/aromatic N) is 2. The molecule has 2 aromatic carbocycles. The van der Waals surface area contributed by atoms with Crippen molar-refractivity contribution in [2.24, 2.45) is 0 Å². The highest BCUT2D eigenvalue weighted by Crippen LogP contribution is 2.19. The summed E-state index contributed by atoms with van der Waals surface area (Å²) in [6.07, 6.45) is 2.33. The lowest BCUT2D eigenvalue weighted by Crippen LogP contribution is -2.23. The van der Waals surface area contributed by atoms with Crippen molar-refractivity contribution in [3.63, 3.8) is 0 Å². The van der Waals surface area contributed by atoms with E-state index in [1.54, 1.807) is 18.3 Å². The van der Waals surface area contributed by atoms with Crippen LogP contribution in [0.15, 0.2) is 77.3 Å². The molecule has 0 aliphatic rings. The van der Waals surface area contributed by atoms with Crippen LogP contribution in [-0.4, -0.2) is 15.9 Å². The Hall–Kier alpha value is -3.47. The molecule has 2 aromatic heterocycles. The van der Waals surface area contributed by atoms with E-state index in [2.05, 4.69) is 15.3 Å². The van der Waals surface area contributed by atoms with Crippen molar-refractivity contribution in [2.75, 3.05) is 0 Å². The molecule has 0 unspecified atom stereocenters. The van der Waals surface area contributed by atoms with Crippen LogP contribution in [0.25, 0.3) is 11.1 Å². The van der Waals surface area contributed by atoms with Crippen LogP contribution in [0, 0.1) is 0 Å². The Balaban J connectivity index is 1.49. The molecule has 0 aliphatic heterocycles. The molecule has 1 amide bonds. The number of hydrogen-bond donors (Lipinski definition) is 1. The predicted molar refractivity (Wildman–Crippen MR) is 98.7 cm³/mol. The molecule has 2 heterocycles. The van der Waals surface area contributed by atoms with Gasteiger partial charge >= 0.3 is 0 Å². The molecule has 0 saturated carbocycles. The van der Waals surface area contributed by atoms with E-state index in [9.17, 15) is 4.79 Å². The van der Waals surface area contributed by atoms with Gasteiger partial charge in [0.05, 0.1) is 12.2 Å². The minimum atomic E-state index is -0.168. The molecule has 5 nitrogen and oxygen atoms in total. The minimum absolute atomic E-state index is 0.168. The molecule has 0 saturated heterocycles. The normalized spacial score (nSPS) is 10.8. The molecule has 26 heavy (non-hydrogen) atoms. The molecule has 1 N–H and O–H groups in total. The van der Waals surface area contributed by atoms with E-state index >= 15 is 0 Å². The lowest BCUT2D eigenvalue weighted by Gasteiger charge is -2.04. The number of fused-ring (bicyclic) bond motifs is 1. The summed E-state index contributed by atoms with van der Waals surface area (Å²) in [7, 11) is 0. The molecule has 0 radical (unpaired) electrons. The summed E-state index contributed by atoms with van der Waals surface area (Å²) < 4.78 is 5.82. The molecule has 5 heteroatoms. The monoisotopic (exact) mass is 343 g/mol. The van der Waals surface area contributed by atoms with Crippen LogP contribution in [0.4, 0.5) is 0 Å². The van der Waals surface area contributed by atoms with Gasteiger partial charge < -0.3 is 9.73 Å². The Kier molecular flexibility index (Phi) is 4.43. The second-order valence-electron chi connectivity index (χ2n) is 5.96. The van der Waals surface area contributed by atoms with Crippen LogP contribution >= 0.6 is 0 Å². The van der Waals surface area contributed by atoms with Crippen LogP contribution in [0.3, 0.4) is 0 Å². The first-order valence-corrected chi connectivity index (χ1v) is 8.39. The Morgan fingerprint density at radius 1 is 1.00 bits per heavy atom. The van der Waals surface area contributed by atoms with Crippen molar-refractivity contribution < 1.29 is 9.21 Å². The first kappa shape index (κ1) is 16.0. The fourth-order valence-electron chi connectivity index (χ4n) is 2.74. The first-order chi connectivity index (χ1) is 12.8. The number of nitrogens with one attached hydrogen (secondary N) is 1. The van der Waals surface area contributed by atoms with Gasteiger partial charge in [-0.15, -0.1) is 0 Å². The van der Waals surface area contributed by atoms with Gasteiger partial charge in [0.15, 0.2) is 11.5 Å². The standard InChI is InChI=1S/C21H17N3O2/c25-21(23-14-17-8-4-5-11-22-17)16-9-10-18-19(13-16)26-20(24-18)12-15-6-2-1-3-7-15/h1-11,13H,12,14H2,(H,23,25). The zero-order chi connectivity index (χ0) is 17.8. The maximum atomic E-state index is 12.4. The van der Waals surface area contributed by atoms with Crippen molar-refractivity contribution in [1.29, 1.82) is 0 Å². The van der Waals surface area contributed by atoms with E-state index in [1.165, 1.54) is 0 Å². The Morgan fingerprint density at radius 2 is 1.85 bits per heavy atom. The summed E-state index contributed by atoms with van der Waals surface area (Å²) in [6.45, 7) is 0.382. The van der Waals surface area contributed by atoms with Gasteiger partial charge in [-0.1, -0.05) is 36.4 Å². The maximum absolute atomic E-state index is 12.4. The molecular weight excluding hydrogens is 326 g/mol. The number of hydrogen-bond acceptors (Lipinski definition) is 4. The number of pyridine rings is 1. The zero-order valence-electron chi connectivity index (χ0n) is 14.1. The van der Waals surface area contributed by atoms with Gasteiger partial charge in [-0.2, -0.15) is 0 Å². The third-order valence-corrected chi connectivity index (χ3v) is 4.05. The highest BCUT2D eigenvalue weighted by molar-refractivity contribution is 5.96. The minimum Gasteiger partial charge on any atom is -0.440 e. The van der Waals surface area contributed by atoms with Crippen molar-refractivity contribution >= 4 is 17.0 Å². The number of amides is 1. The maximum Gasteiger partial charge on any atom is 0.251 e. The summed E-state index contributed by atoms with van der Waals surface area (Å²) in [4.78, 5) is 21.0. The van der Waals surface area contributed by atoms with Crippen molar-refractivity contribution in [3.8, 4) is 0 Å². The Morgan fingerprint density at radius 3 is 2.65 bits per heavy atom. The zero-order valence-corrected chi connectivity index (χ0v) is 14.1. The Labute approximate surface area is 150 Å². The van der Waals surface area contributed by atoms with Gasteiger partial charge in [0.1, 0.15) is 5.52 Å². The fourth-order valence-corrected chi connectivity index (χ4v) is 2.74. The number of rotatable bonds is 5. The van der Waals surface area contributed by atoms with E-state index in [4.69, 9.17) is 4.42 Å². The predicted octanol–water partition coefficient (Wildman–Crippen LogP) is 3.74. The van der Waals surface area contributed by atoms with Crippen molar-refractivity contribution in [2.45, 2.75) is 13.0 Å². The summed E-state index contributed by atoms with van der Waals surface area (Å²) in [5, 5.41) is 2.86. The van der Waals surface area contributed by atoms with Gasteiger partial charge in [0.25, 0.3) is 5.91 Å².